The molecule has 1 N–H and O–H groups in total. The topological polar surface area (TPSA) is 145 Å². The summed E-state index contributed by atoms with van der Waals surface area (Å²) in [6.45, 7) is 3.17. The van der Waals surface area contributed by atoms with E-state index in [1.165, 1.54) is 20.3 Å². The Hall–Kier alpha value is -2.99. The maximum absolute atomic E-state index is 13.3. The zero-order chi connectivity index (χ0) is 33.1. The number of amides is 1. The van der Waals surface area contributed by atoms with Crippen LogP contribution in [0.2, 0.25) is 0 Å². The van der Waals surface area contributed by atoms with Gasteiger partial charge in [-0.3, -0.25) is 4.79 Å². The molecule has 45 heavy (non-hydrogen) atoms. The lowest BCUT2D eigenvalue weighted by Crippen LogP contribution is -2.69. The van der Waals surface area contributed by atoms with Gasteiger partial charge in [0.1, 0.15) is 18.0 Å². The summed E-state index contributed by atoms with van der Waals surface area (Å²) >= 11 is 8.24. The van der Waals surface area contributed by atoms with E-state index in [0.717, 1.165) is 24.4 Å². The Balaban J connectivity index is 2.12. The lowest BCUT2D eigenvalue weighted by atomic mass is 9.88. The van der Waals surface area contributed by atoms with Crippen molar-refractivity contribution in [2.24, 2.45) is 0 Å². The summed E-state index contributed by atoms with van der Waals surface area (Å²) in [5.74, 6) is -3.95. The number of carbonyl (C=O) groups excluding carboxylic acids is 4. The van der Waals surface area contributed by atoms with E-state index in [4.69, 9.17) is 45.4 Å². The molecule has 2 aromatic carbocycles. The predicted octanol–water partition coefficient (Wildman–Crippen LogP) is 4.38. The molecule has 0 radical (unpaired) electrons. The monoisotopic (exact) mass is 775 g/mol. The average Bonchev–Trinajstić information content (AvgIpc) is 3.04. The standard InChI is InChI=1S/C30H34INO11S2/c1-17-11-13-20(14-12-17)39-29(44)42-24(22(16-31)41-28(36)45-5)25-23(32-18(2)33)21(15-30(38-4,43-25)27(35)37-3)40-26(34)19-9-7-6-8-10-19/h6-14,21-25H,15-16H2,1-5H3,(H,32,33)/t21-,22+,23+,24+,25+,30-/m0/s1. The Morgan fingerprint density at radius 1 is 1.09 bits per heavy atom. The second-order valence-corrected chi connectivity index (χ2v) is 11.7. The van der Waals surface area contributed by atoms with Crippen molar-refractivity contribution in [1.29, 1.82) is 0 Å². The normalized spacial score (nSPS) is 22.2. The minimum atomic E-state index is -2.13. The van der Waals surface area contributed by atoms with Gasteiger partial charge >= 0.3 is 22.5 Å². The van der Waals surface area contributed by atoms with E-state index >= 15 is 0 Å². The third kappa shape index (κ3) is 9.75. The van der Waals surface area contributed by atoms with Crippen LogP contribution < -0.4 is 10.1 Å². The molecule has 1 aliphatic heterocycles. The molecule has 1 aliphatic rings. The van der Waals surface area contributed by atoms with Crippen LogP contribution in [0.15, 0.2) is 54.6 Å². The van der Waals surface area contributed by atoms with Crippen molar-refractivity contribution < 1.29 is 52.3 Å². The number of thiocarbonyl (C=S) groups is 1. The van der Waals surface area contributed by atoms with Crippen LogP contribution in [-0.4, -0.2) is 89.5 Å². The first kappa shape index (κ1) is 36.5. The Morgan fingerprint density at radius 3 is 2.31 bits per heavy atom. The Morgan fingerprint density at radius 2 is 1.76 bits per heavy atom. The van der Waals surface area contributed by atoms with Crippen LogP contribution >= 0.6 is 46.6 Å². The van der Waals surface area contributed by atoms with Gasteiger partial charge < -0.3 is 38.5 Å². The van der Waals surface area contributed by atoms with Crippen LogP contribution in [0.25, 0.3) is 0 Å². The number of aryl methyl sites for hydroxylation is 1. The summed E-state index contributed by atoms with van der Waals surface area (Å²) in [5, 5.41) is 1.75. The number of nitrogens with one attached hydrogen (secondary N) is 1. The van der Waals surface area contributed by atoms with Crippen LogP contribution in [-0.2, 0) is 38.0 Å². The van der Waals surface area contributed by atoms with Gasteiger partial charge in [-0.2, -0.15) is 0 Å². The molecular weight excluding hydrogens is 741 g/mol. The first-order valence-electron chi connectivity index (χ1n) is 13.6. The highest BCUT2D eigenvalue weighted by Crippen LogP contribution is 2.37. The van der Waals surface area contributed by atoms with Gasteiger partial charge in [-0.15, -0.1) is 0 Å². The summed E-state index contributed by atoms with van der Waals surface area (Å²) in [5.41, 5.74) is 1.22. The maximum Gasteiger partial charge on any atom is 0.367 e. The molecule has 0 spiro atoms. The molecule has 0 bridgehead atoms. The summed E-state index contributed by atoms with van der Waals surface area (Å²) in [6, 6.07) is 14.0. The summed E-state index contributed by atoms with van der Waals surface area (Å²) in [7, 11) is 2.35. The minimum Gasteiger partial charge on any atom is -0.465 e. The van der Waals surface area contributed by atoms with Gasteiger partial charge in [0, 0.05) is 30.7 Å². The smallest absolute Gasteiger partial charge is 0.367 e. The highest BCUT2D eigenvalue weighted by atomic mass is 127. The van der Waals surface area contributed by atoms with Gasteiger partial charge in [-0.25, -0.2) is 14.4 Å². The Labute approximate surface area is 284 Å². The maximum atomic E-state index is 13.3. The molecule has 1 heterocycles. The SMILES string of the molecule is COC(=O)[C@]1(OC)C[C@H](OC(=O)c2ccccc2)[C@@H](NC(C)=O)[C@H]([C@H](OC(=S)Oc2ccc(C)cc2)[C@@H](CI)OC(=O)SC)O1. The fraction of sp³-hybridized carbons (Fsp3) is 0.433. The van der Waals surface area contributed by atoms with Crippen LogP contribution in [0.5, 0.6) is 5.75 Å². The number of halogens is 1. The number of ether oxygens (including phenoxy) is 7. The third-order valence-corrected chi connectivity index (χ3v) is 8.20. The van der Waals surface area contributed by atoms with E-state index in [-0.39, 0.29) is 21.6 Å². The van der Waals surface area contributed by atoms with E-state index < -0.39 is 59.4 Å². The van der Waals surface area contributed by atoms with Gasteiger partial charge in [0.2, 0.25) is 5.91 Å². The Kier molecular flexibility index (Phi) is 13.8. The first-order valence-corrected chi connectivity index (χ1v) is 16.7. The van der Waals surface area contributed by atoms with Crippen molar-refractivity contribution in [3.05, 3.63) is 65.7 Å². The lowest BCUT2D eigenvalue weighted by Gasteiger charge is -2.48. The predicted molar refractivity (Wildman–Crippen MR) is 176 cm³/mol. The van der Waals surface area contributed by atoms with Gasteiger partial charge in [0.15, 0.2) is 12.2 Å². The molecule has 12 nitrogen and oxygen atoms in total. The lowest BCUT2D eigenvalue weighted by molar-refractivity contribution is -0.302. The number of alkyl halides is 1. The van der Waals surface area contributed by atoms with Gasteiger partial charge in [-0.05, 0) is 49.2 Å². The fourth-order valence-electron chi connectivity index (χ4n) is 4.57. The molecule has 244 valence electrons. The number of hydrogen-bond acceptors (Lipinski definition) is 13. The quantitative estimate of drug-likeness (QED) is 0.114. The number of rotatable bonds is 11. The molecule has 1 fully saturated rings. The van der Waals surface area contributed by atoms with Gasteiger partial charge in [0.05, 0.1) is 25.1 Å². The van der Waals surface area contributed by atoms with Crippen LogP contribution in [0.1, 0.15) is 29.3 Å². The molecule has 0 aromatic heterocycles. The van der Waals surface area contributed by atoms with Crippen LogP contribution in [0, 0.1) is 6.92 Å². The zero-order valence-corrected chi connectivity index (χ0v) is 29.0. The second kappa shape index (κ2) is 17.1. The summed E-state index contributed by atoms with van der Waals surface area (Å²) in [4.78, 5) is 51.5. The van der Waals surface area contributed by atoms with E-state index in [1.54, 1.807) is 42.5 Å². The van der Waals surface area contributed by atoms with Gasteiger partial charge in [-0.1, -0.05) is 58.5 Å². The molecule has 0 saturated carbocycles. The van der Waals surface area contributed by atoms with Crippen molar-refractivity contribution in [2.45, 2.75) is 56.5 Å². The van der Waals surface area contributed by atoms with Crippen molar-refractivity contribution in [3.8, 4) is 5.75 Å². The number of benzene rings is 2. The van der Waals surface area contributed by atoms with Crippen molar-refractivity contribution in [3.63, 3.8) is 0 Å². The van der Waals surface area contributed by atoms with E-state index in [1.807, 2.05) is 41.6 Å². The molecule has 3 rings (SSSR count). The highest BCUT2D eigenvalue weighted by molar-refractivity contribution is 14.1. The number of thioether (sulfide) groups is 1. The molecule has 0 unspecified atom stereocenters. The Bertz CT molecular complexity index is 1350. The average molecular weight is 776 g/mol. The van der Waals surface area contributed by atoms with Crippen molar-refractivity contribution >= 4 is 75.0 Å². The van der Waals surface area contributed by atoms with Gasteiger partial charge in [0.25, 0.3) is 5.79 Å². The number of esters is 2. The molecule has 1 amide bonds. The van der Waals surface area contributed by atoms with Crippen molar-refractivity contribution in [2.75, 3.05) is 24.9 Å². The summed E-state index contributed by atoms with van der Waals surface area (Å²) in [6.07, 6.45) is -3.84. The fourth-order valence-corrected chi connectivity index (χ4v) is 5.68. The zero-order valence-electron chi connectivity index (χ0n) is 25.2. The minimum absolute atomic E-state index is 0.154. The van der Waals surface area contributed by atoms with E-state index in [0.29, 0.717) is 5.75 Å². The molecule has 6 atom stereocenters. The molecule has 1 saturated heterocycles. The molecule has 15 heteroatoms. The largest absolute Gasteiger partial charge is 0.465 e. The number of hydrogen-bond donors (Lipinski definition) is 1. The highest BCUT2D eigenvalue weighted by Gasteiger charge is 2.58. The van der Waals surface area contributed by atoms with Crippen LogP contribution in [0.3, 0.4) is 0 Å². The number of methoxy groups -OCH3 is 2. The molecule has 2 aromatic rings. The second-order valence-electron chi connectivity index (χ2n) is 9.78. The first-order chi connectivity index (χ1) is 21.5. The number of carbonyl (C=O) groups is 4. The molecular formula is C30H34INO11S2. The van der Waals surface area contributed by atoms with E-state index in [2.05, 4.69) is 5.32 Å². The van der Waals surface area contributed by atoms with Crippen molar-refractivity contribution in [1.82, 2.24) is 5.32 Å². The third-order valence-electron chi connectivity index (χ3n) is 6.73. The van der Waals surface area contributed by atoms with Crippen LogP contribution in [0.4, 0.5) is 4.79 Å². The molecule has 0 aliphatic carbocycles. The van der Waals surface area contributed by atoms with E-state index in [9.17, 15) is 19.2 Å². The summed E-state index contributed by atoms with van der Waals surface area (Å²) < 4.78 is 40.5.